The molecule has 1 aromatic rings. The number of carbonyl (C=O) groups excluding carboxylic acids is 1. The van der Waals surface area contributed by atoms with Gasteiger partial charge in [0.2, 0.25) is 5.91 Å². The van der Waals surface area contributed by atoms with Gasteiger partial charge in [0, 0.05) is 11.5 Å². The van der Waals surface area contributed by atoms with E-state index in [0.717, 1.165) is 25.0 Å². The molecule has 0 aromatic heterocycles. The van der Waals surface area contributed by atoms with Crippen molar-refractivity contribution in [3.8, 4) is 0 Å². The molecule has 0 atom stereocenters. The molecule has 2 rings (SSSR count). The minimum absolute atomic E-state index is 0.0662. The predicted octanol–water partition coefficient (Wildman–Crippen LogP) is 2.21. The van der Waals surface area contributed by atoms with E-state index in [4.69, 9.17) is 0 Å². The van der Waals surface area contributed by atoms with Crippen molar-refractivity contribution in [1.29, 1.82) is 0 Å². The number of nitrogens with one attached hydrogen (secondary N) is 1. The summed E-state index contributed by atoms with van der Waals surface area (Å²) in [6, 6.07) is 3.50. The summed E-state index contributed by atoms with van der Waals surface area (Å²) in [5, 5.41) is 3.85. The second-order valence-electron chi connectivity index (χ2n) is 4.08. The van der Waals surface area contributed by atoms with Crippen molar-refractivity contribution in [2.24, 2.45) is 11.0 Å². The zero-order chi connectivity index (χ0) is 12.4. The first-order chi connectivity index (χ1) is 8.08. The molecule has 1 aliphatic rings. The molecule has 0 spiro atoms. The first-order valence-electron chi connectivity index (χ1n) is 5.37. The summed E-state index contributed by atoms with van der Waals surface area (Å²) in [6.07, 6.45) is 1.79. The lowest BCUT2D eigenvalue weighted by Crippen LogP contribution is -2.20. The summed E-state index contributed by atoms with van der Waals surface area (Å²) in [5.74, 6) is -1.88. The number of benzene rings is 1. The van der Waals surface area contributed by atoms with Gasteiger partial charge in [0.1, 0.15) is 0 Å². The van der Waals surface area contributed by atoms with Crippen LogP contribution in [0.15, 0.2) is 23.3 Å². The van der Waals surface area contributed by atoms with Crippen molar-refractivity contribution < 1.29 is 13.6 Å². The van der Waals surface area contributed by atoms with Crippen LogP contribution in [0.4, 0.5) is 8.78 Å². The second-order valence-corrected chi connectivity index (χ2v) is 4.08. The summed E-state index contributed by atoms with van der Waals surface area (Å²) in [4.78, 5) is 11.3. The van der Waals surface area contributed by atoms with Gasteiger partial charge < -0.3 is 0 Å². The number of hydrogen-bond acceptors (Lipinski definition) is 2. The third-order valence-corrected chi connectivity index (χ3v) is 2.62. The van der Waals surface area contributed by atoms with Crippen LogP contribution in [0.1, 0.15) is 25.3 Å². The Labute approximate surface area is 97.5 Å². The number of halogens is 2. The number of carbonyl (C=O) groups is 1. The largest absolute Gasteiger partial charge is 0.273 e. The molecule has 1 amide bonds. The molecule has 0 heterocycles. The molecule has 90 valence electrons. The Morgan fingerprint density at radius 3 is 2.65 bits per heavy atom. The van der Waals surface area contributed by atoms with Crippen LogP contribution < -0.4 is 5.43 Å². The highest BCUT2D eigenvalue weighted by atomic mass is 19.2. The van der Waals surface area contributed by atoms with E-state index in [1.807, 2.05) is 0 Å². The average molecular weight is 238 g/mol. The van der Waals surface area contributed by atoms with Crippen molar-refractivity contribution in [3.63, 3.8) is 0 Å². The van der Waals surface area contributed by atoms with Gasteiger partial charge in [-0.2, -0.15) is 5.10 Å². The summed E-state index contributed by atoms with van der Waals surface area (Å²) >= 11 is 0. The van der Waals surface area contributed by atoms with Crippen molar-refractivity contribution in [2.75, 3.05) is 0 Å². The number of amides is 1. The molecule has 3 nitrogen and oxygen atoms in total. The number of hydrogen-bond donors (Lipinski definition) is 1. The Morgan fingerprint density at radius 2 is 2.06 bits per heavy atom. The lowest BCUT2D eigenvalue weighted by molar-refractivity contribution is -0.122. The molecule has 1 aliphatic carbocycles. The smallest absolute Gasteiger partial charge is 0.243 e. The van der Waals surface area contributed by atoms with E-state index in [9.17, 15) is 13.6 Å². The summed E-state index contributed by atoms with van der Waals surface area (Å²) in [5.41, 5.74) is 3.30. The fourth-order valence-corrected chi connectivity index (χ4v) is 1.36. The minimum atomic E-state index is -0.925. The molecule has 0 bridgehead atoms. The van der Waals surface area contributed by atoms with E-state index in [1.165, 1.54) is 6.07 Å². The van der Waals surface area contributed by atoms with Crippen LogP contribution in [0.5, 0.6) is 0 Å². The Balaban J connectivity index is 2.06. The Bertz CT molecular complexity index is 481. The van der Waals surface area contributed by atoms with Gasteiger partial charge in [-0.15, -0.1) is 0 Å². The standard InChI is InChI=1S/C12H12F2N2O/c1-7(15-16-12(17)8-2-3-8)9-4-5-10(13)11(14)6-9/h4-6,8H,2-3H2,1H3,(H,16,17)/b15-7-. The Morgan fingerprint density at radius 1 is 1.35 bits per heavy atom. The molecular formula is C12H12F2N2O. The quantitative estimate of drug-likeness (QED) is 0.636. The molecule has 1 saturated carbocycles. The molecular weight excluding hydrogens is 226 g/mol. The number of nitrogens with zero attached hydrogens (tertiary/aromatic N) is 1. The molecule has 1 fully saturated rings. The number of rotatable bonds is 3. The fourth-order valence-electron chi connectivity index (χ4n) is 1.36. The maximum atomic E-state index is 13.0. The summed E-state index contributed by atoms with van der Waals surface area (Å²) in [7, 11) is 0. The highest BCUT2D eigenvalue weighted by Crippen LogP contribution is 2.28. The third-order valence-electron chi connectivity index (χ3n) is 2.62. The predicted molar refractivity (Wildman–Crippen MR) is 59.4 cm³/mol. The topological polar surface area (TPSA) is 41.5 Å². The summed E-state index contributed by atoms with van der Waals surface area (Å²) in [6.45, 7) is 1.62. The van der Waals surface area contributed by atoms with Crippen molar-refractivity contribution in [3.05, 3.63) is 35.4 Å². The van der Waals surface area contributed by atoms with Gasteiger partial charge >= 0.3 is 0 Å². The van der Waals surface area contributed by atoms with Crippen LogP contribution in [0, 0.1) is 17.6 Å². The molecule has 1 aromatic carbocycles. The SMILES string of the molecule is C/C(=N/NC(=O)C1CC1)c1ccc(F)c(F)c1. The van der Waals surface area contributed by atoms with E-state index in [2.05, 4.69) is 10.5 Å². The van der Waals surface area contributed by atoms with Crippen LogP contribution in [0.25, 0.3) is 0 Å². The molecule has 0 radical (unpaired) electrons. The maximum absolute atomic E-state index is 13.0. The van der Waals surface area contributed by atoms with Gasteiger partial charge in [-0.05, 0) is 38.0 Å². The van der Waals surface area contributed by atoms with E-state index in [0.29, 0.717) is 11.3 Å². The molecule has 17 heavy (non-hydrogen) atoms. The first-order valence-corrected chi connectivity index (χ1v) is 5.37. The van der Waals surface area contributed by atoms with Crippen LogP contribution in [0.3, 0.4) is 0 Å². The molecule has 0 aliphatic heterocycles. The third kappa shape index (κ3) is 2.87. The molecule has 0 saturated heterocycles. The Hall–Kier alpha value is -1.78. The monoisotopic (exact) mass is 238 g/mol. The zero-order valence-corrected chi connectivity index (χ0v) is 9.34. The van der Waals surface area contributed by atoms with Gasteiger partial charge in [0.15, 0.2) is 11.6 Å². The fraction of sp³-hybridized carbons (Fsp3) is 0.333. The van der Waals surface area contributed by atoms with E-state index < -0.39 is 11.6 Å². The van der Waals surface area contributed by atoms with E-state index >= 15 is 0 Å². The highest BCUT2D eigenvalue weighted by Gasteiger charge is 2.29. The van der Waals surface area contributed by atoms with E-state index in [-0.39, 0.29) is 11.8 Å². The van der Waals surface area contributed by atoms with Gasteiger partial charge in [0.25, 0.3) is 0 Å². The van der Waals surface area contributed by atoms with Crippen LogP contribution in [-0.2, 0) is 4.79 Å². The van der Waals surface area contributed by atoms with Crippen molar-refractivity contribution in [1.82, 2.24) is 5.43 Å². The summed E-state index contributed by atoms with van der Waals surface area (Å²) < 4.78 is 25.7. The number of hydrazone groups is 1. The van der Waals surface area contributed by atoms with Gasteiger partial charge in [-0.1, -0.05) is 0 Å². The zero-order valence-electron chi connectivity index (χ0n) is 9.34. The first kappa shape index (κ1) is 11.7. The van der Waals surface area contributed by atoms with E-state index in [1.54, 1.807) is 6.92 Å². The van der Waals surface area contributed by atoms with Crippen molar-refractivity contribution in [2.45, 2.75) is 19.8 Å². The lowest BCUT2D eigenvalue weighted by Gasteiger charge is -2.02. The molecule has 0 unspecified atom stereocenters. The van der Waals surface area contributed by atoms with Crippen LogP contribution >= 0.6 is 0 Å². The van der Waals surface area contributed by atoms with Gasteiger partial charge in [-0.25, -0.2) is 14.2 Å². The molecule has 5 heteroatoms. The minimum Gasteiger partial charge on any atom is -0.273 e. The molecule has 1 N–H and O–H groups in total. The second kappa shape index (κ2) is 4.61. The average Bonchev–Trinajstić information content (AvgIpc) is 3.13. The van der Waals surface area contributed by atoms with Gasteiger partial charge in [-0.3, -0.25) is 4.79 Å². The lowest BCUT2D eigenvalue weighted by atomic mass is 10.1. The normalized spacial score (nSPS) is 15.8. The van der Waals surface area contributed by atoms with Crippen LogP contribution in [0.2, 0.25) is 0 Å². The Kier molecular flexibility index (Phi) is 3.17. The van der Waals surface area contributed by atoms with Crippen LogP contribution in [-0.4, -0.2) is 11.6 Å². The van der Waals surface area contributed by atoms with Crippen molar-refractivity contribution >= 4 is 11.6 Å². The highest BCUT2D eigenvalue weighted by molar-refractivity contribution is 5.99. The van der Waals surface area contributed by atoms with Gasteiger partial charge in [0.05, 0.1) is 5.71 Å². The maximum Gasteiger partial charge on any atom is 0.243 e.